The van der Waals surface area contributed by atoms with Crippen LogP contribution in [0.4, 0.5) is 0 Å². The molecule has 0 saturated carbocycles. The highest BCUT2D eigenvalue weighted by Crippen LogP contribution is 2.27. The van der Waals surface area contributed by atoms with E-state index in [2.05, 4.69) is 56.4 Å². The quantitative estimate of drug-likeness (QED) is 0.403. The van der Waals surface area contributed by atoms with E-state index in [1.807, 2.05) is 0 Å². The molecule has 0 saturated heterocycles. The van der Waals surface area contributed by atoms with Crippen LogP contribution in [0.5, 0.6) is 0 Å². The zero-order valence-corrected chi connectivity index (χ0v) is 10.2. The highest BCUT2D eigenvalue weighted by atomic mass is 127. The van der Waals surface area contributed by atoms with Gasteiger partial charge in [0.25, 0.3) is 0 Å². The number of allylic oxidation sites excluding steroid dienone is 2. The van der Waals surface area contributed by atoms with E-state index in [4.69, 9.17) is 0 Å². The summed E-state index contributed by atoms with van der Waals surface area (Å²) < 4.78 is 0.504. The predicted octanol–water partition coefficient (Wildman–Crippen LogP) is 4.34. The molecule has 0 nitrogen and oxygen atoms in total. The van der Waals surface area contributed by atoms with Crippen LogP contribution in [-0.2, 0) is 0 Å². The van der Waals surface area contributed by atoms with Gasteiger partial charge in [-0.2, -0.15) is 0 Å². The Labute approximate surface area is 84.6 Å². The van der Waals surface area contributed by atoms with Gasteiger partial charge in [0, 0.05) is 3.42 Å². The van der Waals surface area contributed by atoms with Gasteiger partial charge in [-0.1, -0.05) is 48.1 Å². The summed E-state index contributed by atoms with van der Waals surface area (Å²) in [6, 6.07) is 0. The maximum Gasteiger partial charge on any atom is 0.0194 e. The fourth-order valence-electron chi connectivity index (χ4n) is 0.839. The Balaban J connectivity index is 3.62. The van der Waals surface area contributed by atoms with Crippen molar-refractivity contribution in [1.82, 2.24) is 0 Å². The molecule has 0 aliphatic heterocycles. The van der Waals surface area contributed by atoms with Crippen molar-refractivity contribution >= 4 is 22.6 Å². The van der Waals surface area contributed by atoms with Crippen molar-refractivity contribution < 1.29 is 0 Å². The van der Waals surface area contributed by atoms with Gasteiger partial charge in [0.2, 0.25) is 0 Å². The lowest BCUT2D eigenvalue weighted by Gasteiger charge is -2.18. The van der Waals surface area contributed by atoms with Gasteiger partial charge in [0.05, 0.1) is 0 Å². The molecule has 0 N–H and O–H groups in total. The van der Waals surface area contributed by atoms with E-state index in [1.54, 1.807) is 0 Å². The van der Waals surface area contributed by atoms with E-state index in [-0.39, 0.29) is 0 Å². The Bertz CT molecular complexity index is 130. The second-order valence-corrected chi connectivity index (χ2v) is 6.19. The maximum atomic E-state index is 2.56. The standard InChI is InChI=1S/C10H19I/c1-5-10(4,11)8-6-7-9(2)3/h7H,5-6,8H2,1-4H3/t10-/m0/s1. The first-order chi connectivity index (χ1) is 4.98. The van der Waals surface area contributed by atoms with Crippen LogP contribution in [-0.4, -0.2) is 3.42 Å². The van der Waals surface area contributed by atoms with Gasteiger partial charge >= 0.3 is 0 Å². The van der Waals surface area contributed by atoms with Crippen LogP contribution in [0.3, 0.4) is 0 Å². The molecule has 0 aromatic heterocycles. The molecular formula is C10H19I. The van der Waals surface area contributed by atoms with Crippen molar-refractivity contribution in [3.63, 3.8) is 0 Å². The Morgan fingerprint density at radius 2 is 2.00 bits per heavy atom. The van der Waals surface area contributed by atoms with Gasteiger partial charge in [0.1, 0.15) is 0 Å². The van der Waals surface area contributed by atoms with Crippen LogP contribution in [0.25, 0.3) is 0 Å². The first-order valence-corrected chi connectivity index (χ1v) is 5.38. The second kappa shape index (κ2) is 5.18. The molecule has 0 bridgehead atoms. The number of hydrogen-bond donors (Lipinski definition) is 0. The molecule has 0 unspecified atom stereocenters. The van der Waals surface area contributed by atoms with Gasteiger partial charge in [-0.05, 0) is 33.1 Å². The van der Waals surface area contributed by atoms with Crippen LogP contribution in [0.1, 0.15) is 47.0 Å². The van der Waals surface area contributed by atoms with Crippen molar-refractivity contribution in [3.05, 3.63) is 11.6 Å². The molecule has 0 amide bonds. The summed E-state index contributed by atoms with van der Waals surface area (Å²) in [5, 5.41) is 0. The summed E-state index contributed by atoms with van der Waals surface area (Å²) in [6.07, 6.45) is 6.13. The van der Waals surface area contributed by atoms with Crippen molar-refractivity contribution in [1.29, 1.82) is 0 Å². The fourth-order valence-corrected chi connectivity index (χ4v) is 1.15. The lowest BCUT2D eigenvalue weighted by Crippen LogP contribution is -2.12. The highest BCUT2D eigenvalue weighted by molar-refractivity contribution is 14.1. The number of hydrogen-bond acceptors (Lipinski definition) is 0. The van der Waals surface area contributed by atoms with Gasteiger partial charge in [0.15, 0.2) is 0 Å². The summed E-state index contributed by atoms with van der Waals surface area (Å²) in [5.74, 6) is 0. The molecular weight excluding hydrogens is 247 g/mol. The Morgan fingerprint density at radius 1 is 1.45 bits per heavy atom. The van der Waals surface area contributed by atoms with Crippen LogP contribution >= 0.6 is 22.6 Å². The zero-order chi connectivity index (χ0) is 8.91. The average molecular weight is 266 g/mol. The molecule has 0 aromatic carbocycles. The Hall–Kier alpha value is 0.470. The first kappa shape index (κ1) is 11.5. The molecule has 1 atom stereocenters. The molecule has 0 heterocycles. The minimum atomic E-state index is 0.504. The van der Waals surface area contributed by atoms with Crippen molar-refractivity contribution in [3.8, 4) is 0 Å². The summed E-state index contributed by atoms with van der Waals surface area (Å²) in [4.78, 5) is 0. The highest BCUT2D eigenvalue weighted by Gasteiger charge is 2.15. The first-order valence-electron chi connectivity index (χ1n) is 4.30. The van der Waals surface area contributed by atoms with E-state index in [0.29, 0.717) is 3.42 Å². The van der Waals surface area contributed by atoms with E-state index in [1.165, 1.54) is 24.8 Å². The Morgan fingerprint density at radius 3 is 2.36 bits per heavy atom. The maximum absolute atomic E-state index is 2.56. The normalized spacial score (nSPS) is 15.7. The van der Waals surface area contributed by atoms with E-state index in [9.17, 15) is 0 Å². The zero-order valence-electron chi connectivity index (χ0n) is 8.08. The predicted molar refractivity (Wildman–Crippen MR) is 61.4 cm³/mol. The average Bonchev–Trinajstić information content (AvgIpc) is 1.87. The summed E-state index contributed by atoms with van der Waals surface area (Å²) in [6.45, 7) is 8.91. The van der Waals surface area contributed by atoms with Crippen molar-refractivity contribution in [2.45, 2.75) is 50.4 Å². The molecule has 0 spiro atoms. The third-order valence-corrected chi connectivity index (χ3v) is 3.26. The largest absolute Gasteiger partial charge is 0.0858 e. The molecule has 0 radical (unpaired) electrons. The number of alkyl halides is 1. The molecule has 0 rings (SSSR count). The van der Waals surface area contributed by atoms with Gasteiger partial charge in [-0.3, -0.25) is 0 Å². The van der Waals surface area contributed by atoms with E-state index in [0.717, 1.165) is 0 Å². The monoisotopic (exact) mass is 266 g/mol. The van der Waals surface area contributed by atoms with Gasteiger partial charge in [-0.25, -0.2) is 0 Å². The SMILES string of the molecule is CC[C@](C)(I)CCC=C(C)C. The lowest BCUT2D eigenvalue weighted by atomic mass is 10.0. The molecule has 1 heteroatoms. The van der Waals surface area contributed by atoms with E-state index < -0.39 is 0 Å². The third kappa shape index (κ3) is 6.85. The summed E-state index contributed by atoms with van der Waals surface area (Å²) >= 11 is 2.56. The second-order valence-electron chi connectivity index (χ2n) is 3.59. The van der Waals surface area contributed by atoms with Gasteiger partial charge in [-0.15, -0.1) is 0 Å². The van der Waals surface area contributed by atoms with Crippen LogP contribution < -0.4 is 0 Å². The van der Waals surface area contributed by atoms with Gasteiger partial charge < -0.3 is 0 Å². The molecule has 0 aromatic rings. The molecule has 66 valence electrons. The number of rotatable bonds is 4. The molecule has 11 heavy (non-hydrogen) atoms. The topological polar surface area (TPSA) is 0 Å². The van der Waals surface area contributed by atoms with Crippen molar-refractivity contribution in [2.75, 3.05) is 0 Å². The van der Waals surface area contributed by atoms with Crippen molar-refractivity contribution in [2.24, 2.45) is 0 Å². The summed E-state index contributed by atoms with van der Waals surface area (Å²) in [5.41, 5.74) is 1.44. The van der Waals surface area contributed by atoms with Crippen LogP contribution in [0, 0.1) is 0 Å². The minimum Gasteiger partial charge on any atom is -0.0858 e. The molecule has 0 aliphatic carbocycles. The number of halogens is 1. The fraction of sp³-hybridized carbons (Fsp3) is 0.800. The lowest BCUT2D eigenvalue weighted by molar-refractivity contribution is 0.602. The smallest absolute Gasteiger partial charge is 0.0194 e. The van der Waals surface area contributed by atoms with Crippen LogP contribution in [0.15, 0.2) is 11.6 Å². The summed E-state index contributed by atoms with van der Waals surface area (Å²) in [7, 11) is 0. The molecule has 0 aliphatic rings. The Kier molecular flexibility index (Phi) is 5.40. The van der Waals surface area contributed by atoms with Crippen LogP contribution in [0.2, 0.25) is 0 Å². The van der Waals surface area contributed by atoms with E-state index >= 15 is 0 Å². The molecule has 0 fully saturated rings. The third-order valence-electron chi connectivity index (χ3n) is 1.96. The minimum absolute atomic E-state index is 0.504.